The number of rotatable bonds is 11. The summed E-state index contributed by atoms with van der Waals surface area (Å²) in [6.07, 6.45) is 3.12. The van der Waals surface area contributed by atoms with E-state index < -0.39 is 35.7 Å². The topological polar surface area (TPSA) is 114 Å². The minimum Gasteiger partial charge on any atom is -0.468 e. The molecule has 0 spiro atoms. The SMILES string of the molecule is COC(=O)CNC(=O)C(c1cccc(C)c1)N(C(=O)C(CCSC)NC(=O)OC(C)(C)C)C1CC1. The van der Waals surface area contributed by atoms with Crippen molar-refractivity contribution in [1.82, 2.24) is 15.5 Å². The van der Waals surface area contributed by atoms with E-state index in [0.717, 1.165) is 18.4 Å². The zero-order valence-corrected chi connectivity index (χ0v) is 22.2. The van der Waals surface area contributed by atoms with Crippen LogP contribution in [0.3, 0.4) is 0 Å². The first-order valence-corrected chi connectivity index (χ1v) is 13.1. The molecule has 10 heteroatoms. The second-order valence-corrected chi connectivity index (χ2v) is 10.6. The number of hydrogen-bond acceptors (Lipinski definition) is 7. The quantitative estimate of drug-likeness (QED) is 0.443. The molecule has 1 aliphatic carbocycles. The first-order valence-electron chi connectivity index (χ1n) is 11.7. The van der Waals surface area contributed by atoms with E-state index in [4.69, 9.17) is 4.74 Å². The van der Waals surface area contributed by atoms with Crippen LogP contribution in [0.2, 0.25) is 0 Å². The summed E-state index contributed by atoms with van der Waals surface area (Å²) in [6.45, 7) is 6.85. The van der Waals surface area contributed by atoms with Gasteiger partial charge in [0.25, 0.3) is 0 Å². The van der Waals surface area contributed by atoms with Crippen molar-refractivity contribution >= 4 is 35.6 Å². The van der Waals surface area contributed by atoms with Crippen molar-refractivity contribution in [2.24, 2.45) is 0 Å². The zero-order chi connectivity index (χ0) is 26.2. The highest BCUT2D eigenvalue weighted by Crippen LogP contribution is 2.36. The Hall–Kier alpha value is -2.75. The summed E-state index contributed by atoms with van der Waals surface area (Å²) >= 11 is 1.56. The molecule has 2 unspecified atom stereocenters. The number of methoxy groups -OCH3 is 1. The van der Waals surface area contributed by atoms with Gasteiger partial charge in [-0.05, 0) is 64.5 Å². The fourth-order valence-electron chi connectivity index (χ4n) is 3.60. The lowest BCUT2D eigenvalue weighted by molar-refractivity contribution is -0.145. The molecule has 1 aromatic carbocycles. The van der Waals surface area contributed by atoms with Gasteiger partial charge in [0.05, 0.1) is 7.11 Å². The molecule has 0 radical (unpaired) electrons. The number of benzene rings is 1. The minimum absolute atomic E-state index is 0.144. The van der Waals surface area contributed by atoms with Crippen molar-refractivity contribution in [3.63, 3.8) is 0 Å². The zero-order valence-electron chi connectivity index (χ0n) is 21.4. The minimum atomic E-state index is -0.961. The van der Waals surface area contributed by atoms with Crippen LogP contribution in [0.25, 0.3) is 0 Å². The van der Waals surface area contributed by atoms with Crippen molar-refractivity contribution in [2.45, 2.75) is 70.7 Å². The molecule has 3 amide bonds. The third kappa shape index (κ3) is 9.08. The molecule has 0 aromatic heterocycles. The summed E-state index contributed by atoms with van der Waals surface area (Å²) in [6, 6.07) is 5.40. The van der Waals surface area contributed by atoms with Gasteiger partial charge >= 0.3 is 12.1 Å². The van der Waals surface area contributed by atoms with Crippen LogP contribution < -0.4 is 10.6 Å². The van der Waals surface area contributed by atoms with Gasteiger partial charge in [-0.2, -0.15) is 11.8 Å². The van der Waals surface area contributed by atoms with Crippen molar-refractivity contribution < 1.29 is 28.7 Å². The van der Waals surface area contributed by atoms with Gasteiger partial charge in [-0.3, -0.25) is 14.4 Å². The third-order valence-electron chi connectivity index (χ3n) is 5.31. The van der Waals surface area contributed by atoms with E-state index >= 15 is 0 Å². The first kappa shape index (κ1) is 28.5. The number of carbonyl (C=O) groups excluding carboxylic acids is 4. The van der Waals surface area contributed by atoms with Gasteiger partial charge in [-0.15, -0.1) is 0 Å². The second-order valence-electron chi connectivity index (χ2n) is 9.57. The number of ether oxygens (including phenoxy) is 2. The molecule has 1 saturated carbocycles. The Morgan fingerprint density at radius 2 is 1.89 bits per heavy atom. The number of esters is 1. The molecule has 1 fully saturated rings. The number of carbonyl (C=O) groups is 4. The van der Waals surface area contributed by atoms with Crippen molar-refractivity contribution in [3.05, 3.63) is 35.4 Å². The van der Waals surface area contributed by atoms with Crippen molar-refractivity contribution in [3.8, 4) is 0 Å². The van der Waals surface area contributed by atoms with Crippen LogP contribution in [0.1, 0.15) is 57.2 Å². The van der Waals surface area contributed by atoms with E-state index in [0.29, 0.717) is 17.7 Å². The van der Waals surface area contributed by atoms with E-state index in [1.807, 2.05) is 31.4 Å². The van der Waals surface area contributed by atoms with E-state index in [-0.39, 0.29) is 18.5 Å². The molecule has 2 atom stereocenters. The first-order chi connectivity index (χ1) is 16.5. The summed E-state index contributed by atoms with van der Waals surface area (Å²) in [5.74, 6) is -0.793. The van der Waals surface area contributed by atoms with Crippen molar-refractivity contribution in [1.29, 1.82) is 0 Å². The summed E-state index contributed by atoms with van der Waals surface area (Å²) < 4.78 is 10.0. The number of aryl methyl sites for hydroxylation is 1. The normalized spacial score (nSPS) is 14.9. The summed E-state index contributed by atoms with van der Waals surface area (Å²) in [7, 11) is 1.24. The van der Waals surface area contributed by atoms with Crippen LogP contribution in [-0.4, -0.2) is 72.1 Å². The van der Waals surface area contributed by atoms with Crippen LogP contribution in [0.5, 0.6) is 0 Å². The molecule has 0 saturated heterocycles. The number of thioether (sulfide) groups is 1. The largest absolute Gasteiger partial charge is 0.468 e. The second kappa shape index (κ2) is 12.8. The molecule has 0 heterocycles. The van der Waals surface area contributed by atoms with Gasteiger partial charge in [-0.25, -0.2) is 4.79 Å². The van der Waals surface area contributed by atoms with Crippen LogP contribution in [0.15, 0.2) is 24.3 Å². The number of nitrogens with zero attached hydrogens (tertiary/aromatic N) is 1. The molecular weight excluding hydrogens is 470 g/mol. The Bertz CT molecular complexity index is 913. The monoisotopic (exact) mass is 507 g/mol. The Labute approximate surface area is 211 Å². The lowest BCUT2D eigenvalue weighted by atomic mass is 10.00. The predicted molar refractivity (Wildman–Crippen MR) is 135 cm³/mol. The maximum atomic E-state index is 13.9. The summed E-state index contributed by atoms with van der Waals surface area (Å²) in [5.41, 5.74) is 0.849. The standard InChI is InChI=1S/C25H37N3O6S/c1-16-8-7-9-17(14-16)21(22(30)26-15-20(29)33-5)28(18-10-11-18)23(31)19(12-13-35-6)27-24(32)34-25(2,3)4/h7-9,14,18-19,21H,10-13,15H2,1-6H3,(H,26,30)(H,27,32). The van der Waals surface area contributed by atoms with Crippen LogP contribution in [0, 0.1) is 6.92 Å². The summed E-state index contributed by atoms with van der Waals surface area (Å²) in [4.78, 5) is 53.0. The van der Waals surface area contributed by atoms with Gasteiger partial charge in [0.1, 0.15) is 24.2 Å². The molecule has 9 nitrogen and oxygen atoms in total. The summed E-state index contributed by atoms with van der Waals surface area (Å²) in [5, 5.41) is 5.32. The molecular formula is C25H37N3O6S. The third-order valence-corrected chi connectivity index (χ3v) is 5.96. The van der Waals surface area contributed by atoms with Gasteiger partial charge in [0.2, 0.25) is 11.8 Å². The number of hydrogen-bond donors (Lipinski definition) is 2. The predicted octanol–water partition coefficient (Wildman–Crippen LogP) is 2.96. The fourth-order valence-corrected chi connectivity index (χ4v) is 4.07. The molecule has 0 aliphatic heterocycles. The lowest BCUT2D eigenvalue weighted by Gasteiger charge is -2.34. The Kier molecular flexibility index (Phi) is 10.4. The van der Waals surface area contributed by atoms with Gasteiger partial charge in [-0.1, -0.05) is 29.8 Å². The molecule has 194 valence electrons. The van der Waals surface area contributed by atoms with E-state index in [2.05, 4.69) is 15.4 Å². The smallest absolute Gasteiger partial charge is 0.408 e. The van der Waals surface area contributed by atoms with E-state index in [9.17, 15) is 19.2 Å². The average Bonchev–Trinajstić information content (AvgIpc) is 3.61. The number of amides is 3. The number of alkyl carbamates (subject to hydrolysis) is 1. The van der Waals surface area contributed by atoms with Crippen LogP contribution in [-0.2, 0) is 23.9 Å². The van der Waals surface area contributed by atoms with E-state index in [1.54, 1.807) is 43.5 Å². The maximum absolute atomic E-state index is 13.9. The molecule has 0 bridgehead atoms. The fraction of sp³-hybridized carbons (Fsp3) is 0.600. The Morgan fingerprint density at radius 3 is 2.43 bits per heavy atom. The Morgan fingerprint density at radius 1 is 1.20 bits per heavy atom. The van der Waals surface area contributed by atoms with Crippen LogP contribution in [0.4, 0.5) is 4.79 Å². The highest BCUT2D eigenvalue weighted by atomic mass is 32.2. The maximum Gasteiger partial charge on any atom is 0.408 e. The van der Waals surface area contributed by atoms with E-state index in [1.165, 1.54) is 7.11 Å². The lowest BCUT2D eigenvalue weighted by Crippen LogP contribution is -2.54. The van der Waals surface area contributed by atoms with Crippen molar-refractivity contribution in [2.75, 3.05) is 25.7 Å². The highest BCUT2D eigenvalue weighted by Gasteiger charge is 2.44. The molecule has 2 N–H and O–H groups in total. The highest BCUT2D eigenvalue weighted by molar-refractivity contribution is 7.98. The van der Waals surface area contributed by atoms with Crippen LogP contribution >= 0.6 is 11.8 Å². The molecule has 35 heavy (non-hydrogen) atoms. The van der Waals surface area contributed by atoms with Gasteiger partial charge in [0, 0.05) is 6.04 Å². The molecule has 1 aliphatic rings. The number of nitrogens with one attached hydrogen (secondary N) is 2. The Balaban J connectivity index is 2.40. The van der Waals surface area contributed by atoms with Gasteiger partial charge in [0.15, 0.2) is 0 Å². The van der Waals surface area contributed by atoms with Gasteiger partial charge < -0.3 is 25.0 Å². The average molecular weight is 508 g/mol. The molecule has 2 rings (SSSR count). The molecule has 1 aromatic rings.